The summed E-state index contributed by atoms with van der Waals surface area (Å²) >= 11 is 7.23. The summed E-state index contributed by atoms with van der Waals surface area (Å²) in [6, 6.07) is 5.00. The summed E-state index contributed by atoms with van der Waals surface area (Å²) in [6.07, 6.45) is 1.76. The van der Waals surface area contributed by atoms with Crippen LogP contribution in [-0.4, -0.2) is 4.98 Å². The van der Waals surface area contributed by atoms with Crippen LogP contribution in [0, 0.1) is 12.7 Å². The maximum Gasteiger partial charge on any atom is 0.126 e. The van der Waals surface area contributed by atoms with Crippen molar-refractivity contribution in [2.24, 2.45) is 0 Å². The zero-order chi connectivity index (χ0) is 10.8. The van der Waals surface area contributed by atoms with Gasteiger partial charge in [-0.2, -0.15) is 0 Å². The van der Waals surface area contributed by atoms with Crippen LogP contribution in [0.25, 0.3) is 10.6 Å². The first-order valence-electron chi connectivity index (χ1n) is 4.48. The summed E-state index contributed by atoms with van der Waals surface area (Å²) in [7, 11) is 0. The standard InChI is InChI=1S/C11H9ClFNS/c1-7-4-8(2-3-10(7)13)11-14-6-9(5-12)15-11/h2-4,6H,5H2,1H3. The Balaban J connectivity index is 2.40. The minimum atomic E-state index is -0.187. The Kier molecular flexibility index (Phi) is 3.03. The van der Waals surface area contributed by atoms with Crippen LogP contribution in [0.3, 0.4) is 0 Å². The van der Waals surface area contributed by atoms with Crippen LogP contribution >= 0.6 is 22.9 Å². The molecule has 0 atom stereocenters. The fourth-order valence-electron chi connectivity index (χ4n) is 1.28. The third-order valence-electron chi connectivity index (χ3n) is 2.09. The zero-order valence-corrected chi connectivity index (χ0v) is 9.70. The molecule has 2 rings (SSSR count). The number of nitrogens with zero attached hydrogens (tertiary/aromatic N) is 1. The highest BCUT2D eigenvalue weighted by Gasteiger charge is 2.05. The van der Waals surface area contributed by atoms with Gasteiger partial charge in [-0.1, -0.05) is 0 Å². The van der Waals surface area contributed by atoms with Crippen molar-refractivity contribution in [3.8, 4) is 10.6 Å². The molecule has 0 radical (unpaired) electrons. The highest BCUT2D eigenvalue weighted by molar-refractivity contribution is 7.15. The van der Waals surface area contributed by atoms with Crippen LogP contribution in [0.15, 0.2) is 24.4 Å². The molecule has 0 amide bonds. The van der Waals surface area contributed by atoms with Gasteiger partial charge >= 0.3 is 0 Å². The summed E-state index contributed by atoms with van der Waals surface area (Å²) < 4.78 is 13.0. The van der Waals surface area contributed by atoms with Crippen LogP contribution < -0.4 is 0 Å². The Labute approximate surface area is 96.5 Å². The molecule has 0 aliphatic heterocycles. The van der Waals surface area contributed by atoms with E-state index in [4.69, 9.17) is 11.6 Å². The van der Waals surface area contributed by atoms with Gasteiger partial charge in [-0.05, 0) is 30.7 Å². The van der Waals surface area contributed by atoms with Crippen molar-refractivity contribution in [2.45, 2.75) is 12.8 Å². The van der Waals surface area contributed by atoms with Crippen LogP contribution in [0.1, 0.15) is 10.4 Å². The summed E-state index contributed by atoms with van der Waals surface area (Å²) in [6.45, 7) is 1.74. The van der Waals surface area contributed by atoms with Crippen LogP contribution in [0.4, 0.5) is 4.39 Å². The van der Waals surface area contributed by atoms with E-state index in [1.807, 2.05) is 0 Å². The molecule has 0 fully saturated rings. The van der Waals surface area contributed by atoms with Gasteiger partial charge in [-0.15, -0.1) is 22.9 Å². The summed E-state index contributed by atoms with van der Waals surface area (Å²) in [5, 5.41) is 0.883. The topological polar surface area (TPSA) is 12.9 Å². The Hall–Kier alpha value is -0.930. The Morgan fingerprint density at radius 3 is 2.87 bits per heavy atom. The lowest BCUT2D eigenvalue weighted by Crippen LogP contribution is -1.83. The minimum absolute atomic E-state index is 0.187. The Morgan fingerprint density at radius 2 is 2.27 bits per heavy atom. The zero-order valence-electron chi connectivity index (χ0n) is 8.13. The highest BCUT2D eigenvalue weighted by Crippen LogP contribution is 2.27. The first-order chi connectivity index (χ1) is 7.20. The fourth-order valence-corrected chi connectivity index (χ4v) is 2.27. The molecule has 78 valence electrons. The summed E-state index contributed by atoms with van der Waals surface area (Å²) in [5.41, 5.74) is 1.57. The second-order valence-corrected chi connectivity index (χ2v) is 4.61. The van der Waals surface area contributed by atoms with E-state index in [1.54, 1.807) is 25.3 Å². The molecule has 0 N–H and O–H groups in total. The molecule has 1 nitrogen and oxygen atoms in total. The lowest BCUT2D eigenvalue weighted by molar-refractivity contribution is 0.619. The van der Waals surface area contributed by atoms with Crippen molar-refractivity contribution in [2.75, 3.05) is 0 Å². The van der Waals surface area contributed by atoms with Crippen molar-refractivity contribution < 1.29 is 4.39 Å². The molecular formula is C11H9ClFNS. The second kappa shape index (κ2) is 4.29. The van der Waals surface area contributed by atoms with E-state index in [0.29, 0.717) is 11.4 Å². The van der Waals surface area contributed by atoms with Crippen molar-refractivity contribution in [3.05, 3.63) is 40.7 Å². The molecule has 1 heterocycles. The van der Waals surface area contributed by atoms with Crippen LogP contribution in [0.5, 0.6) is 0 Å². The van der Waals surface area contributed by atoms with Crippen molar-refractivity contribution in [3.63, 3.8) is 0 Å². The number of aromatic nitrogens is 1. The van der Waals surface area contributed by atoms with Crippen LogP contribution in [0.2, 0.25) is 0 Å². The van der Waals surface area contributed by atoms with E-state index >= 15 is 0 Å². The minimum Gasteiger partial charge on any atom is -0.244 e. The van der Waals surface area contributed by atoms with E-state index in [2.05, 4.69) is 4.98 Å². The molecule has 0 aliphatic carbocycles. The van der Waals surface area contributed by atoms with Gasteiger partial charge in [0, 0.05) is 16.6 Å². The molecule has 4 heteroatoms. The van der Waals surface area contributed by atoms with Gasteiger partial charge < -0.3 is 0 Å². The highest BCUT2D eigenvalue weighted by atomic mass is 35.5. The third kappa shape index (κ3) is 2.19. The van der Waals surface area contributed by atoms with E-state index < -0.39 is 0 Å². The van der Waals surface area contributed by atoms with Gasteiger partial charge in [-0.25, -0.2) is 9.37 Å². The van der Waals surface area contributed by atoms with Gasteiger partial charge in [0.2, 0.25) is 0 Å². The quantitative estimate of drug-likeness (QED) is 0.725. The lowest BCUT2D eigenvalue weighted by Gasteiger charge is -1.99. The van der Waals surface area contributed by atoms with Crippen molar-refractivity contribution in [1.82, 2.24) is 4.98 Å². The number of aryl methyl sites for hydroxylation is 1. The fraction of sp³-hybridized carbons (Fsp3) is 0.182. The molecule has 0 saturated heterocycles. The Morgan fingerprint density at radius 1 is 1.47 bits per heavy atom. The Bertz CT molecular complexity index is 481. The number of thiazole rings is 1. The van der Waals surface area contributed by atoms with Crippen molar-refractivity contribution >= 4 is 22.9 Å². The molecule has 0 aliphatic rings. The van der Waals surface area contributed by atoms with Gasteiger partial charge in [-0.3, -0.25) is 0 Å². The van der Waals surface area contributed by atoms with Gasteiger partial charge in [0.25, 0.3) is 0 Å². The summed E-state index contributed by atoms with van der Waals surface area (Å²) in [4.78, 5) is 5.26. The summed E-state index contributed by atoms with van der Waals surface area (Å²) in [5.74, 6) is 0.283. The molecule has 0 spiro atoms. The largest absolute Gasteiger partial charge is 0.244 e. The second-order valence-electron chi connectivity index (χ2n) is 3.23. The molecule has 0 saturated carbocycles. The number of alkyl halides is 1. The maximum atomic E-state index is 13.0. The van der Waals surface area contributed by atoms with E-state index in [-0.39, 0.29) is 5.82 Å². The average Bonchev–Trinajstić information content (AvgIpc) is 2.70. The molecular weight excluding hydrogens is 233 g/mol. The maximum absolute atomic E-state index is 13.0. The number of halogens is 2. The van der Waals surface area contributed by atoms with Crippen molar-refractivity contribution in [1.29, 1.82) is 0 Å². The van der Waals surface area contributed by atoms with E-state index in [9.17, 15) is 4.39 Å². The number of hydrogen-bond acceptors (Lipinski definition) is 2. The monoisotopic (exact) mass is 241 g/mol. The molecule has 1 aromatic heterocycles. The van der Waals surface area contributed by atoms with Gasteiger partial charge in [0.15, 0.2) is 0 Å². The first kappa shape index (κ1) is 10.6. The molecule has 1 aromatic carbocycles. The third-order valence-corrected chi connectivity index (χ3v) is 3.58. The molecule has 2 aromatic rings. The predicted octanol–water partition coefficient (Wildman–Crippen LogP) is 4.00. The molecule has 0 unspecified atom stereocenters. The molecule has 0 bridgehead atoms. The number of rotatable bonds is 2. The van der Waals surface area contributed by atoms with Gasteiger partial charge in [0.1, 0.15) is 10.8 Å². The van der Waals surface area contributed by atoms with E-state index in [0.717, 1.165) is 15.4 Å². The predicted molar refractivity (Wildman–Crippen MR) is 61.8 cm³/mol. The number of benzene rings is 1. The van der Waals surface area contributed by atoms with E-state index in [1.165, 1.54) is 17.4 Å². The lowest BCUT2D eigenvalue weighted by atomic mass is 10.1. The number of hydrogen-bond donors (Lipinski definition) is 0. The normalized spacial score (nSPS) is 10.6. The average molecular weight is 242 g/mol. The SMILES string of the molecule is Cc1cc(-c2ncc(CCl)s2)ccc1F. The smallest absolute Gasteiger partial charge is 0.126 e. The molecule has 15 heavy (non-hydrogen) atoms. The van der Waals surface area contributed by atoms with Gasteiger partial charge in [0.05, 0.1) is 5.88 Å². The first-order valence-corrected chi connectivity index (χ1v) is 5.83. The van der Waals surface area contributed by atoms with Crippen LogP contribution in [-0.2, 0) is 5.88 Å².